The Morgan fingerprint density at radius 3 is 2.38 bits per heavy atom. The molecule has 0 heterocycles. The summed E-state index contributed by atoms with van der Waals surface area (Å²) in [6.07, 6.45) is -0.235. The zero-order valence-corrected chi connectivity index (χ0v) is 9.80. The van der Waals surface area contributed by atoms with Crippen LogP contribution in [0.4, 0.5) is 8.78 Å². The van der Waals surface area contributed by atoms with Crippen molar-refractivity contribution in [1.29, 1.82) is 0 Å². The first-order valence-electron chi connectivity index (χ1n) is 4.53. The molecule has 16 heavy (non-hydrogen) atoms. The Morgan fingerprint density at radius 1 is 1.44 bits per heavy atom. The third-order valence-electron chi connectivity index (χ3n) is 2.08. The fourth-order valence-electron chi connectivity index (χ4n) is 1.33. The Labute approximate surface area is 99.4 Å². The molecule has 1 unspecified atom stereocenters. The van der Waals surface area contributed by atoms with Crippen LogP contribution in [0.2, 0.25) is 0 Å². The largest absolute Gasteiger partial charge is 0.481 e. The Hall–Kier alpha value is -1.01. The summed E-state index contributed by atoms with van der Waals surface area (Å²) in [7, 11) is 0. The van der Waals surface area contributed by atoms with Crippen LogP contribution in [0.1, 0.15) is 24.4 Å². The van der Waals surface area contributed by atoms with Crippen molar-refractivity contribution in [3.63, 3.8) is 0 Å². The number of hydrogen-bond acceptors (Lipinski definition) is 2. The highest BCUT2D eigenvalue weighted by molar-refractivity contribution is 9.10. The number of aliphatic carboxylic acids is 1. The first kappa shape index (κ1) is 13.1. The predicted molar refractivity (Wildman–Crippen MR) is 57.9 cm³/mol. The molecule has 0 fully saturated rings. The first-order valence-corrected chi connectivity index (χ1v) is 5.33. The maximum Gasteiger partial charge on any atom is 0.303 e. The van der Waals surface area contributed by atoms with Gasteiger partial charge in [0.15, 0.2) is 0 Å². The number of hydrogen-bond donors (Lipinski definition) is 2. The summed E-state index contributed by atoms with van der Waals surface area (Å²) in [6.45, 7) is 0. The number of carboxylic acids is 1. The maximum atomic E-state index is 13.4. The molecule has 0 amide bonds. The minimum Gasteiger partial charge on any atom is -0.481 e. The second-order valence-electron chi connectivity index (χ2n) is 3.32. The zero-order valence-electron chi connectivity index (χ0n) is 8.21. The summed E-state index contributed by atoms with van der Waals surface area (Å²) in [4.78, 5) is 10.3. The first-order chi connectivity index (χ1) is 7.41. The van der Waals surface area contributed by atoms with Crippen LogP contribution in [-0.2, 0) is 4.79 Å². The Bertz CT molecular complexity index is 389. The van der Waals surface area contributed by atoms with Crippen LogP contribution in [0, 0.1) is 11.6 Å². The molecule has 0 saturated carbocycles. The number of carbonyl (C=O) groups is 1. The molecule has 88 valence electrons. The quantitative estimate of drug-likeness (QED) is 0.897. The predicted octanol–water partition coefficient (Wildman–Crippen LogP) is 2.59. The number of rotatable bonds is 4. The van der Waals surface area contributed by atoms with Gasteiger partial charge in [0.1, 0.15) is 11.6 Å². The third kappa shape index (κ3) is 3.24. The van der Waals surface area contributed by atoms with Gasteiger partial charge < -0.3 is 10.8 Å². The van der Waals surface area contributed by atoms with E-state index in [2.05, 4.69) is 15.9 Å². The average Bonchev–Trinajstić information content (AvgIpc) is 2.12. The molecule has 1 rings (SSSR count). The molecule has 0 aliphatic heterocycles. The molecule has 0 saturated heterocycles. The van der Waals surface area contributed by atoms with Gasteiger partial charge in [-0.2, -0.15) is 0 Å². The van der Waals surface area contributed by atoms with Crippen LogP contribution in [0.3, 0.4) is 0 Å². The summed E-state index contributed by atoms with van der Waals surface area (Å²) < 4.78 is 27.1. The van der Waals surface area contributed by atoms with Gasteiger partial charge in [-0.25, -0.2) is 8.78 Å². The molecule has 1 aromatic carbocycles. The number of nitrogens with two attached hydrogens (primary N) is 1. The molecular formula is C10H10BrF2NO2. The standard InChI is InChI=1S/C10H10BrF2NO2/c11-5-3-6(12)10(7(13)4-5)8(14)1-2-9(15)16/h3-4,8H,1-2,14H2,(H,15,16). The van der Waals surface area contributed by atoms with Crippen LogP contribution >= 0.6 is 15.9 Å². The molecule has 0 aliphatic carbocycles. The van der Waals surface area contributed by atoms with Gasteiger partial charge in [0.05, 0.1) is 0 Å². The fraction of sp³-hybridized carbons (Fsp3) is 0.300. The summed E-state index contributed by atoms with van der Waals surface area (Å²) in [5.41, 5.74) is 5.26. The van der Waals surface area contributed by atoms with Crippen LogP contribution in [-0.4, -0.2) is 11.1 Å². The number of carboxylic acid groups (broad SMARTS) is 1. The molecule has 0 spiro atoms. The summed E-state index contributed by atoms with van der Waals surface area (Å²) in [5, 5.41) is 8.44. The van der Waals surface area contributed by atoms with E-state index in [-0.39, 0.29) is 22.9 Å². The lowest BCUT2D eigenvalue weighted by Crippen LogP contribution is -2.15. The minimum atomic E-state index is -1.05. The minimum absolute atomic E-state index is 0.00912. The van der Waals surface area contributed by atoms with E-state index >= 15 is 0 Å². The molecular weight excluding hydrogens is 284 g/mol. The summed E-state index contributed by atoms with van der Waals surface area (Å²) in [6, 6.07) is 1.24. The van der Waals surface area contributed by atoms with Gasteiger partial charge >= 0.3 is 5.97 Å². The average molecular weight is 294 g/mol. The van der Waals surface area contributed by atoms with E-state index in [1.54, 1.807) is 0 Å². The highest BCUT2D eigenvalue weighted by Crippen LogP contribution is 2.25. The van der Waals surface area contributed by atoms with Crippen molar-refractivity contribution in [2.45, 2.75) is 18.9 Å². The van der Waals surface area contributed by atoms with Gasteiger partial charge in [-0.15, -0.1) is 0 Å². The molecule has 1 atom stereocenters. The van der Waals surface area contributed by atoms with Gasteiger partial charge in [0, 0.05) is 22.5 Å². The van der Waals surface area contributed by atoms with Crippen molar-refractivity contribution in [3.8, 4) is 0 Å². The van der Waals surface area contributed by atoms with E-state index in [4.69, 9.17) is 10.8 Å². The molecule has 0 bridgehead atoms. The highest BCUT2D eigenvalue weighted by atomic mass is 79.9. The molecule has 6 heteroatoms. The van der Waals surface area contributed by atoms with Crippen molar-refractivity contribution >= 4 is 21.9 Å². The van der Waals surface area contributed by atoms with E-state index in [0.717, 1.165) is 12.1 Å². The lowest BCUT2D eigenvalue weighted by atomic mass is 10.0. The van der Waals surface area contributed by atoms with Crippen molar-refractivity contribution in [2.75, 3.05) is 0 Å². The van der Waals surface area contributed by atoms with Gasteiger partial charge in [0.2, 0.25) is 0 Å². The Kier molecular flexibility index (Phi) is 4.37. The van der Waals surface area contributed by atoms with Gasteiger partial charge in [-0.05, 0) is 18.6 Å². The number of halogens is 3. The van der Waals surface area contributed by atoms with Crippen LogP contribution in [0.5, 0.6) is 0 Å². The van der Waals surface area contributed by atoms with Crippen molar-refractivity contribution < 1.29 is 18.7 Å². The van der Waals surface area contributed by atoms with Crippen molar-refractivity contribution in [2.24, 2.45) is 5.73 Å². The van der Waals surface area contributed by atoms with Crippen molar-refractivity contribution in [3.05, 3.63) is 33.8 Å². The van der Waals surface area contributed by atoms with E-state index in [1.807, 2.05) is 0 Å². The molecule has 3 N–H and O–H groups in total. The van der Waals surface area contributed by atoms with Gasteiger partial charge in [0.25, 0.3) is 0 Å². The zero-order chi connectivity index (χ0) is 12.3. The molecule has 0 radical (unpaired) electrons. The van der Waals surface area contributed by atoms with Crippen LogP contribution < -0.4 is 5.73 Å². The Morgan fingerprint density at radius 2 is 1.94 bits per heavy atom. The Balaban J connectivity index is 2.90. The number of benzene rings is 1. The third-order valence-corrected chi connectivity index (χ3v) is 2.54. The SMILES string of the molecule is NC(CCC(=O)O)c1c(F)cc(Br)cc1F. The van der Waals surface area contributed by atoms with E-state index < -0.39 is 23.6 Å². The molecule has 0 aromatic heterocycles. The fourth-order valence-corrected chi connectivity index (χ4v) is 1.73. The van der Waals surface area contributed by atoms with Gasteiger partial charge in [-0.1, -0.05) is 15.9 Å². The summed E-state index contributed by atoms with van der Waals surface area (Å²) in [5.74, 6) is -2.59. The van der Waals surface area contributed by atoms with Crippen molar-refractivity contribution in [1.82, 2.24) is 0 Å². The van der Waals surface area contributed by atoms with E-state index in [0.29, 0.717) is 0 Å². The smallest absolute Gasteiger partial charge is 0.303 e. The van der Waals surface area contributed by atoms with Gasteiger partial charge in [-0.3, -0.25) is 4.79 Å². The molecule has 0 aliphatic rings. The topological polar surface area (TPSA) is 63.3 Å². The second kappa shape index (κ2) is 5.36. The lowest BCUT2D eigenvalue weighted by Gasteiger charge is -2.13. The van der Waals surface area contributed by atoms with E-state index in [9.17, 15) is 13.6 Å². The summed E-state index contributed by atoms with van der Waals surface area (Å²) >= 11 is 2.94. The monoisotopic (exact) mass is 293 g/mol. The highest BCUT2D eigenvalue weighted by Gasteiger charge is 2.18. The van der Waals surface area contributed by atoms with Crippen LogP contribution in [0.25, 0.3) is 0 Å². The molecule has 3 nitrogen and oxygen atoms in total. The second-order valence-corrected chi connectivity index (χ2v) is 4.24. The lowest BCUT2D eigenvalue weighted by molar-refractivity contribution is -0.137. The van der Waals surface area contributed by atoms with E-state index in [1.165, 1.54) is 0 Å². The molecule has 1 aromatic rings. The maximum absolute atomic E-state index is 13.4. The normalized spacial score (nSPS) is 12.5. The van der Waals surface area contributed by atoms with Crippen LogP contribution in [0.15, 0.2) is 16.6 Å².